The zero-order valence-electron chi connectivity index (χ0n) is 10.9. The second kappa shape index (κ2) is 4.61. The molecule has 1 saturated heterocycles. The molecule has 0 spiro atoms. The summed E-state index contributed by atoms with van der Waals surface area (Å²) < 4.78 is 5.29. The van der Waals surface area contributed by atoms with Crippen LogP contribution in [0.5, 0.6) is 0 Å². The summed E-state index contributed by atoms with van der Waals surface area (Å²) in [5, 5.41) is 2.32. The number of aromatic amines is 1. The molecule has 1 aliphatic heterocycles. The van der Waals surface area contributed by atoms with Crippen molar-refractivity contribution in [3.05, 3.63) is 35.2 Å². The number of thiophene rings is 1. The molecule has 2 aromatic heterocycles. The van der Waals surface area contributed by atoms with E-state index in [-0.39, 0.29) is 5.91 Å². The Kier molecular flexibility index (Phi) is 2.75. The first-order valence-corrected chi connectivity index (χ1v) is 7.52. The Morgan fingerprint density at radius 1 is 1.20 bits per heavy atom. The summed E-state index contributed by atoms with van der Waals surface area (Å²) in [6.07, 6.45) is 0. The molecule has 3 heterocycles. The number of morpholine rings is 1. The van der Waals surface area contributed by atoms with Gasteiger partial charge in [0.1, 0.15) is 4.83 Å². The van der Waals surface area contributed by atoms with Gasteiger partial charge in [0.25, 0.3) is 5.91 Å². The Bertz CT molecular complexity index is 783. The van der Waals surface area contributed by atoms with Crippen molar-refractivity contribution in [1.82, 2.24) is 9.88 Å². The number of carbonyl (C=O) groups is 1. The van der Waals surface area contributed by atoms with Crippen molar-refractivity contribution in [3.63, 3.8) is 0 Å². The van der Waals surface area contributed by atoms with Crippen LogP contribution in [0.1, 0.15) is 9.67 Å². The topological polar surface area (TPSA) is 45.3 Å². The third kappa shape index (κ3) is 1.82. The van der Waals surface area contributed by atoms with Crippen LogP contribution >= 0.6 is 11.3 Å². The number of amides is 1. The zero-order valence-corrected chi connectivity index (χ0v) is 11.7. The average molecular weight is 286 g/mol. The quantitative estimate of drug-likeness (QED) is 0.747. The summed E-state index contributed by atoms with van der Waals surface area (Å²) in [5.41, 5.74) is 1.12. The van der Waals surface area contributed by atoms with Crippen LogP contribution in [0.4, 0.5) is 0 Å². The molecule has 0 aliphatic carbocycles. The van der Waals surface area contributed by atoms with E-state index < -0.39 is 0 Å². The predicted molar refractivity (Wildman–Crippen MR) is 80.4 cm³/mol. The SMILES string of the molecule is O=C(c1cc2c([nH]c3ccccc32)s1)N1CCOCC1. The number of carbonyl (C=O) groups excluding carboxylic acids is 1. The van der Waals surface area contributed by atoms with Crippen molar-refractivity contribution in [2.24, 2.45) is 0 Å². The molecule has 1 fully saturated rings. The summed E-state index contributed by atoms with van der Waals surface area (Å²) >= 11 is 1.54. The average Bonchev–Trinajstić information content (AvgIpc) is 3.05. The number of rotatable bonds is 1. The number of hydrogen-bond acceptors (Lipinski definition) is 3. The molecule has 1 aromatic carbocycles. The lowest BCUT2D eigenvalue weighted by Gasteiger charge is -2.26. The van der Waals surface area contributed by atoms with E-state index >= 15 is 0 Å². The van der Waals surface area contributed by atoms with E-state index in [1.807, 2.05) is 23.1 Å². The Hall–Kier alpha value is -1.85. The van der Waals surface area contributed by atoms with Gasteiger partial charge >= 0.3 is 0 Å². The minimum absolute atomic E-state index is 0.118. The van der Waals surface area contributed by atoms with Gasteiger partial charge in [-0.05, 0) is 12.1 Å². The van der Waals surface area contributed by atoms with Crippen molar-refractivity contribution < 1.29 is 9.53 Å². The summed E-state index contributed by atoms with van der Waals surface area (Å²) in [6, 6.07) is 10.2. The molecule has 3 aromatic rings. The highest BCUT2D eigenvalue weighted by atomic mass is 32.1. The lowest BCUT2D eigenvalue weighted by molar-refractivity contribution is 0.0306. The second-order valence-corrected chi connectivity index (χ2v) is 5.98. The minimum atomic E-state index is 0.118. The van der Waals surface area contributed by atoms with Crippen LogP contribution in [0, 0.1) is 0 Å². The molecule has 0 bridgehead atoms. The molecule has 1 aliphatic rings. The Balaban J connectivity index is 1.75. The van der Waals surface area contributed by atoms with Crippen LogP contribution in [0.2, 0.25) is 0 Å². The smallest absolute Gasteiger partial charge is 0.264 e. The highest BCUT2D eigenvalue weighted by molar-refractivity contribution is 7.20. The third-order valence-electron chi connectivity index (χ3n) is 3.71. The largest absolute Gasteiger partial charge is 0.378 e. The van der Waals surface area contributed by atoms with E-state index in [1.165, 1.54) is 16.7 Å². The van der Waals surface area contributed by atoms with E-state index in [0.29, 0.717) is 26.3 Å². The first-order valence-electron chi connectivity index (χ1n) is 6.70. The molecular formula is C15H14N2O2S. The van der Waals surface area contributed by atoms with Crippen molar-refractivity contribution in [1.29, 1.82) is 0 Å². The number of aromatic nitrogens is 1. The Morgan fingerprint density at radius 3 is 2.85 bits per heavy atom. The molecule has 20 heavy (non-hydrogen) atoms. The number of ether oxygens (including phenoxy) is 1. The summed E-state index contributed by atoms with van der Waals surface area (Å²) in [5.74, 6) is 0.118. The van der Waals surface area contributed by atoms with Crippen LogP contribution in [0.15, 0.2) is 30.3 Å². The normalized spacial score (nSPS) is 16.1. The summed E-state index contributed by atoms with van der Waals surface area (Å²) in [6.45, 7) is 2.65. The van der Waals surface area contributed by atoms with Crippen LogP contribution < -0.4 is 0 Å². The molecule has 4 nitrogen and oxygen atoms in total. The van der Waals surface area contributed by atoms with Gasteiger partial charge in [-0.15, -0.1) is 11.3 Å². The van der Waals surface area contributed by atoms with Crippen LogP contribution in [-0.2, 0) is 4.74 Å². The molecule has 5 heteroatoms. The van der Waals surface area contributed by atoms with Gasteiger partial charge in [-0.25, -0.2) is 0 Å². The maximum atomic E-state index is 12.5. The summed E-state index contributed by atoms with van der Waals surface area (Å²) in [4.78, 5) is 19.6. The van der Waals surface area contributed by atoms with Gasteiger partial charge < -0.3 is 14.6 Å². The van der Waals surface area contributed by atoms with Gasteiger partial charge in [0, 0.05) is 29.4 Å². The number of hydrogen-bond donors (Lipinski definition) is 1. The van der Waals surface area contributed by atoms with E-state index in [1.54, 1.807) is 0 Å². The minimum Gasteiger partial charge on any atom is -0.378 e. The molecule has 0 atom stereocenters. The van der Waals surface area contributed by atoms with Crippen molar-refractivity contribution >= 4 is 38.4 Å². The van der Waals surface area contributed by atoms with Gasteiger partial charge in [0.05, 0.1) is 18.1 Å². The maximum Gasteiger partial charge on any atom is 0.264 e. The van der Waals surface area contributed by atoms with Gasteiger partial charge in [-0.2, -0.15) is 0 Å². The number of nitrogens with one attached hydrogen (secondary N) is 1. The molecule has 102 valence electrons. The van der Waals surface area contributed by atoms with Gasteiger partial charge in [-0.3, -0.25) is 4.79 Å². The van der Waals surface area contributed by atoms with E-state index in [9.17, 15) is 4.79 Å². The monoisotopic (exact) mass is 286 g/mol. The Morgan fingerprint density at radius 2 is 2.00 bits per heavy atom. The number of H-pyrrole nitrogens is 1. The van der Waals surface area contributed by atoms with Crippen LogP contribution in [0.3, 0.4) is 0 Å². The van der Waals surface area contributed by atoms with Gasteiger partial charge in [0.2, 0.25) is 0 Å². The van der Waals surface area contributed by atoms with E-state index in [4.69, 9.17) is 4.74 Å². The number of nitrogens with zero attached hydrogens (tertiary/aromatic N) is 1. The highest BCUT2D eigenvalue weighted by Crippen LogP contribution is 2.32. The van der Waals surface area contributed by atoms with E-state index in [0.717, 1.165) is 20.6 Å². The molecule has 1 amide bonds. The fourth-order valence-corrected chi connectivity index (χ4v) is 3.71. The predicted octanol–water partition coefficient (Wildman–Crippen LogP) is 2.86. The van der Waals surface area contributed by atoms with Crippen molar-refractivity contribution in [2.45, 2.75) is 0 Å². The first kappa shape index (κ1) is 11.9. The molecular weight excluding hydrogens is 272 g/mol. The van der Waals surface area contributed by atoms with Gasteiger partial charge in [-0.1, -0.05) is 18.2 Å². The molecule has 4 rings (SSSR count). The fourth-order valence-electron chi connectivity index (χ4n) is 2.66. The van der Waals surface area contributed by atoms with Crippen molar-refractivity contribution in [2.75, 3.05) is 26.3 Å². The second-order valence-electron chi connectivity index (χ2n) is 4.93. The lowest BCUT2D eigenvalue weighted by Crippen LogP contribution is -2.40. The molecule has 0 unspecified atom stereocenters. The number of benzene rings is 1. The van der Waals surface area contributed by atoms with Crippen molar-refractivity contribution in [3.8, 4) is 0 Å². The maximum absolute atomic E-state index is 12.5. The standard InChI is InChI=1S/C15H14N2O2S/c18-15(17-5-7-19-8-6-17)13-9-11-10-3-1-2-4-12(10)16-14(11)20-13/h1-4,9,16H,5-8H2. The molecule has 0 radical (unpaired) electrons. The Labute approximate surface area is 119 Å². The number of para-hydroxylation sites is 1. The van der Waals surface area contributed by atoms with Gasteiger partial charge in [0.15, 0.2) is 0 Å². The fraction of sp³-hybridized carbons (Fsp3) is 0.267. The molecule has 1 N–H and O–H groups in total. The third-order valence-corrected chi connectivity index (χ3v) is 4.75. The highest BCUT2D eigenvalue weighted by Gasteiger charge is 2.21. The molecule has 0 saturated carbocycles. The van der Waals surface area contributed by atoms with Crippen LogP contribution in [0.25, 0.3) is 21.1 Å². The summed E-state index contributed by atoms with van der Waals surface area (Å²) in [7, 11) is 0. The van der Waals surface area contributed by atoms with E-state index in [2.05, 4.69) is 17.1 Å². The first-order chi connectivity index (χ1) is 9.83. The lowest BCUT2D eigenvalue weighted by atomic mass is 10.2. The zero-order chi connectivity index (χ0) is 13.5. The number of fused-ring (bicyclic) bond motifs is 3. The van der Waals surface area contributed by atoms with Crippen LogP contribution in [-0.4, -0.2) is 42.1 Å².